The summed E-state index contributed by atoms with van der Waals surface area (Å²) in [6.45, 7) is 5.84. The number of hydrogen-bond acceptors (Lipinski definition) is 3. The monoisotopic (exact) mass is 203 g/mol. The molecule has 0 bridgehead atoms. The molecule has 14 heavy (non-hydrogen) atoms. The number of rotatable bonds is 5. The Balaban J connectivity index is 4.14. The fraction of sp³-hybridized carbons (Fsp3) is 0.778. The Bertz CT molecular complexity index is 203. The zero-order chi connectivity index (χ0) is 11.1. The van der Waals surface area contributed by atoms with E-state index in [1.165, 1.54) is 4.90 Å². The van der Waals surface area contributed by atoms with Crippen molar-refractivity contribution in [1.29, 1.82) is 0 Å². The predicted molar refractivity (Wildman–Crippen MR) is 51.1 cm³/mol. The van der Waals surface area contributed by atoms with E-state index in [2.05, 4.69) is 0 Å². The Morgan fingerprint density at radius 2 is 2.00 bits per heavy atom. The highest BCUT2D eigenvalue weighted by molar-refractivity contribution is 5.70. The van der Waals surface area contributed by atoms with Crippen molar-refractivity contribution in [2.75, 3.05) is 13.2 Å². The highest BCUT2D eigenvalue weighted by atomic mass is 16.6. The van der Waals surface area contributed by atoms with Gasteiger partial charge >= 0.3 is 12.1 Å². The number of carbonyl (C=O) groups excluding carboxylic acids is 1. The first-order chi connectivity index (χ1) is 6.49. The smallest absolute Gasteiger partial charge is 0.409 e. The van der Waals surface area contributed by atoms with Gasteiger partial charge in [0.1, 0.15) is 0 Å². The lowest BCUT2D eigenvalue weighted by Gasteiger charge is -2.24. The van der Waals surface area contributed by atoms with Gasteiger partial charge in [-0.3, -0.25) is 4.79 Å². The number of carboxylic acid groups (broad SMARTS) is 1. The third-order valence-corrected chi connectivity index (χ3v) is 1.69. The molecule has 0 aromatic heterocycles. The van der Waals surface area contributed by atoms with Gasteiger partial charge in [-0.2, -0.15) is 0 Å². The molecular formula is C9H17NO4. The van der Waals surface area contributed by atoms with Crippen LogP contribution < -0.4 is 0 Å². The van der Waals surface area contributed by atoms with Crippen LogP contribution in [0.15, 0.2) is 0 Å². The zero-order valence-electron chi connectivity index (χ0n) is 8.82. The van der Waals surface area contributed by atoms with Crippen LogP contribution in [0.4, 0.5) is 4.79 Å². The van der Waals surface area contributed by atoms with Crippen LogP contribution in [0.5, 0.6) is 0 Å². The molecule has 0 aliphatic carbocycles. The lowest BCUT2D eigenvalue weighted by molar-refractivity contribution is -0.137. The molecule has 0 radical (unpaired) electrons. The number of amides is 1. The zero-order valence-corrected chi connectivity index (χ0v) is 8.82. The number of nitrogens with zero attached hydrogens (tertiary/aromatic N) is 1. The van der Waals surface area contributed by atoms with Crippen LogP contribution in [0.1, 0.15) is 27.2 Å². The quantitative estimate of drug-likeness (QED) is 0.732. The second kappa shape index (κ2) is 6.23. The Morgan fingerprint density at radius 3 is 2.36 bits per heavy atom. The first-order valence-electron chi connectivity index (χ1n) is 4.64. The van der Waals surface area contributed by atoms with E-state index in [1.54, 1.807) is 6.92 Å². The number of carboxylic acids is 1. The van der Waals surface area contributed by atoms with Gasteiger partial charge in [-0.15, -0.1) is 0 Å². The maximum absolute atomic E-state index is 11.3. The van der Waals surface area contributed by atoms with Gasteiger partial charge in [0.05, 0.1) is 13.0 Å². The van der Waals surface area contributed by atoms with Gasteiger partial charge in [0.25, 0.3) is 0 Å². The summed E-state index contributed by atoms with van der Waals surface area (Å²) in [5, 5.41) is 8.48. The maximum atomic E-state index is 11.3. The van der Waals surface area contributed by atoms with Gasteiger partial charge in [0.15, 0.2) is 0 Å². The van der Waals surface area contributed by atoms with E-state index in [0.29, 0.717) is 6.61 Å². The van der Waals surface area contributed by atoms with Crippen molar-refractivity contribution in [2.24, 2.45) is 0 Å². The molecule has 0 saturated heterocycles. The van der Waals surface area contributed by atoms with Crippen LogP contribution >= 0.6 is 0 Å². The summed E-state index contributed by atoms with van der Waals surface area (Å²) in [6, 6.07) is -0.0478. The van der Waals surface area contributed by atoms with E-state index in [4.69, 9.17) is 9.84 Å². The van der Waals surface area contributed by atoms with Gasteiger partial charge < -0.3 is 14.7 Å². The van der Waals surface area contributed by atoms with E-state index in [9.17, 15) is 9.59 Å². The molecule has 1 N–H and O–H groups in total. The first kappa shape index (κ1) is 12.7. The third kappa shape index (κ3) is 4.69. The van der Waals surface area contributed by atoms with Crippen LogP contribution in [-0.2, 0) is 9.53 Å². The number of hydrogen-bond donors (Lipinski definition) is 1. The van der Waals surface area contributed by atoms with Crippen LogP contribution in [0.2, 0.25) is 0 Å². The van der Waals surface area contributed by atoms with Crippen molar-refractivity contribution in [3.63, 3.8) is 0 Å². The molecule has 0 saturated carbocycles. The molecule has 82 valence electrons. The van der Waals surface area contributed by atoms with Crippen LogP contribution in [0.25, 0.3) is 0 Å². The Kier molecular flexibility index (Phi) is 5.67. The lowest BCUT2D eigenvalue weighted by Crippen LogP contribution is -2.38. The Morgan fingerprint density at radius 1 is 1.43 bits per heavy atom. The minimum Gasteiger partial charge on any atom is -0.481 e. The highest BCUT2D eigenvalue weighted by Crippen LogP contribution is 2.02. The second-order valence-electron chi connectivity index (χ2n) is 3.13. The lowest BCUT2D eigenvalue weighted by atomic mass is 10.3. The molecule has 0 aromatic rings. The fourth-order valence-corrected chi connectivity index (χ4v) is 0.983. The van der Waals surface area contributed by atoms with Crippen molar-refractivity contribution in [3.05, 3.63) is 0 Å². The van der Waals surface area contributed by atoms with Crippen molar-refractivity contribution in [1.82, 2.24) is 4.90 Å². The molecule has 1 amide bonds. The second-order valence-corrected chi connectivity index (χ2v) is 3.13. The van der Waals surface area contributed by atoms with Crippen LogP contribution in [0, 0.1) is 0 Å². The van der Waals surface area contributed by atoms with Gasteiger partial charge in [0.2, 0.25) is 0 Å². The Hall–Kier alpha value is -1.26. The van der Waals surface area contributed by atoms with Gasteiger partial charge in [-0.1, -0.05) is 0 Å². The molecule has 0 fully saturated rings. The van der Waals surface area contributed by atoms with Crippen molar-refractivity contribution < 1.29 is 19.4 Å². The molecule has 0 aliphatic rings. The largest absolute Gasteiger partial charge is 0.481 e. The summed E-state index contributed by atoms with van der Waals surface area (Å²) in [6.07, 6.45) is -0.513. The first-order valence-corrected chi connectivity index (χ1v) is 4.64. The summed E-state index contributed by atoms with van der Waals surface area (Å²) in [5.74, 6) is -0.917. The molecule has 0 heterocycles. The molecule has 5 heteroatoms. The molecule has 0 unspecified atom stereocenters. The summed E-state index contributed by atoms with van der Waals surface area (Å²) in [7, 11) is 0. The molecule has 0 aromatic carbocycles. The van der Waals surface area contributed by atoms with E-state index in [0.717, 1.165) is 0 Å². The SMILES string of the molecule is CCOC(=O)N(CCC(=O)O)C(C)C. The third-order valence-electron chi connectivity index (χ3n) is 1.69. The average Bonchev–Trinajstić information content (AvgIpc) is 2.03. The fourth-order valence-electron chi connectivity index (χ4n) is 0.983. The molecule has 0 spiro atoms. The topological polar surface area (TPSA) is 66.8 Å². The molecule has 0 atom stereocenters. The minimum atomic E-state index is -0.917. The van der Waals surface area contributed by atoms with Crippen molar-refractivity contribution >= 4 is 12.1 Å². The number of aliphatic carboxylic acids is 1. The Labute approximate surface area is 83.6 Å². The van der Waals surface area contributed by atoms with E-state index < -0.39 is 12.1 Å². The maximum Gasteiger partial charge on any atom is 0.409 e. The average molecular weight is 203 g/mol. The summed E-state index contributed by atoms with van der Waals surface area (Å²) in [5.41, 5.74) is 0. The van der Waals surface area contributed by atoms with Crippen LogP contribution in [-0.4, -0.2) is 41.3 Å². The van der Waals surface area contributed by atoms with Crippen molar-refractivity contribution in [2.45, 2.75) is 33.2 Å². The highest BCUT2D eigenvalue weighted by Gasteiger charge is 2.18. The summed E-state index contributed by atoms with van der Waals surface area (Å²) >= 11 is 0. The minimum absolute atomic E-state index is 0.0478. The van der Waals surface area contributed by atoms with Crippen molar-refractivity contribution in [3.8, 4) is 0 Å². The molecule has 5 nitrogen and oxygen atoms in total. The van der Waals surface area contributed by atoms with Gasteiger partial charge in [-0.05, 0) is 20.8 Å². The molecular weight excluding hydrogens is 186 g/mol. The van der Waals surface area contributed by atoms with Gasteiger partial charge in [-0.25, -0.2) is 4.79 Å². The molecule has 0 rings (SSSR count). The number of carbonyl (C=O) groups is 2. The van der Waals surface area contributed by atoms with E-state index in [-0.39, 0.29) is 19.0 Å². The summed E-state index contributed by atoms with van der Waals surface area (Å²) in [4.78, 5) is 23.0. The van der Waals surface area contributed by atoms with Crippen LogP contribution in [0.3, 0.4) is 0 Å². The predicted octanol–water partition coefficient (Wildman–Crippen LogP) is 1.33. The standard InChI is InChI=1S/C9H17NO4/c1-4-14-9(13)10(7(2)3)6-5-8(11)12/h7H,4-6H2,1-3H3,(H,11,12). The van der Waals surface area contributed by atoms with E-state index in [1.807, 2.05) is 13.8 Å². The molecule has 0 aliphatic heterocycles. The normalized spacial score (nSPS) is 10.0. The number of ether oxygens (including phenoxy) is 1. The summed E-state index contributed by atoms with van der Waals surface area (Å²) < 4.78 is 4.79. The van der Waals surface area contributed by atoms with E-state index >= 15 is 0 Å². The van der Waals surface area contributed by atoms with Gasteiger partial charge in [0, 0.05) is 12.6 Å².